The summed E-state index contributed by atoms with van der Waals surface area (Å²) in [5.74, 6) is -0.319. The third-order valence-corrected chi connectivity index (χ3v) is 8.33. The van der Waals surface area contributed by atoms with Gasteiger partial charge in [0.2, 0.25) is 10.0 Å². The molecule has 0 saturated carbocycles. The first-order valence-electron chi connectivity index (χ1n) is 10.1. The summed E-state index contributed by atoms with van der Waals surface area (Å²) < 4.78 is 70.7. The van der Waals surface area contributed by atoms with Crippen LogP contribution < -0.4 is 10.0 Å². The largest absolute Gasteiger partial charge is 0.463 e. The van der Waals surface area contributed by atoms with Gasteiger partial charge in [0.05, 0.1) is 26.8 Å². The molecule has 0 aliphatic heterocycles. The summed E-state index contributed by atoms with van der Waals surface area (Å²) in [6.45, 7) is 3.62. The third-order valence-electron chi connectivity index (χ3n) is 4.66. The van der Waals surface area contributed by atoms with Crippen molar-refractivity contribution in [3.63, 3.8) is 0 Å². The SMILES string of the molecule is CC(NS(=O)(=O)c1ccc(-c2sc(C(=O)NCC(C)(C)O)nc2-c2ccco2)c(Cl)c1Cl)C(F)(F)F. The molecular formula is C21H20Cl2F3N3O5S2. The molecule has 1 atom stereocenters. The van der Waals surface area contributed by atoms with Crippen LogP contribution in [0.5, 0.6) is 0 Å². The van der Waals surface area contributed by atoms with Gasteiger partial charge in [-0.25, -0.2) is 13.4 Å². The van der Waals surface area contributed by atoms with Gasteiger partial charge in [-0.15, -0.1) is 11.3 Å². The highest BCUT2D eigenvalue weighted by Gasteiger charge is 2.39. The Morgan fingerprint density at radius 3 is 2.44 bits per heavy atom. The molecule has 196 valence electrons. The maximum Gasteiger partial charge on any atom is 0.404 e. The monoisotopic (exact) mass is 585 g/mol. The first-order valence-corrected chi connectivity index (χ1v) is 13.2. The first kappa shape index (κ1) is 28.4. The fraction of sp³-hybridized carbons (Fsp3) is 0.333. The van der Waals surface area contributed by atoms with Gasteiger partial charge < -0.3 is 14.8 Å². The Morgan fingerprint density at radius 2 is 1.89 bits per heavy atom. The normalized spacial score (nSPS) is 13.6. The van der Waals surface area contributed by atoms with Gasteiger partial charge >= 0.3 is 6.18 Å². The van der Waals surface area contributed by atoms with E-state index in [9.17, 15) is 31.5 Å². The van der Waals surface area contributed by atoms with Crippen LogP contribution in [0.4, 0.5) is 13.2 Å². The van der Waals surface area contributed by atoms with E-state index < -0.39 is 43.7 Å². The third kappa shape index (κ3) is 6.39. The first-order chi connectivity index (χ1) is 16.5. The number of sulfonamides is 1. The van der Waals surface area contributed by atoms with Crippen LogP contribution in [-0.4, -0.2) is 48.8 Å². The van der Waals surface area contributed by atoms with Crippen molar-refractivity contribution < 1.29 is 35.9 Å². The Balaban J connectivity index is 2.06. The summed E-state index contributed by atoms with van der Waals surface area (Å²) in [6, 6.07) is 3.06. The average Bonchev–Trinajstić information content (AvgIpc) is 3.42. The minimum absolute atomic E-state index is 0.00907. The second kappa shape index (κ2) is 10.3. The minimum atomic E-state index is -4.81. The van der Waals surface area contributed by atoms with Crippen LogP contribution in [0.15, 0.2) is 39.8 Å². The maximum absolute atomic E-state index is 12.9. The number of nitrogens with zero attached hydrogens (tertiary/aromatic N) is 1. The van der Waals surface area contributed by atoms with Crippen LogP contribution in [-0.2, 0) is 10.0 Å². The lowest BCUT2D eigenvalue weighted by atomic mass is 10.1. The molecule has 3 N–H and O–H groups in total. The van der Waals surface area contributed by atoms with Crippen molar-refractivity contribution in [2.24, 2.45) is 0 Å². The average molecular weight is 586 g/mol. The number of carbonyl (C=O) groups excluding carboxylic acids is 1. The summed E-state index contributed by atoms with van der Waals surface area (Å²) in [5.41, 5.74) is -0.791. The Hall–Kier alpha value is -2.16. The number of thiazole rings is 1. The number of carbonyl (C=O) groups is 1. The van der Waals surface area contributed by atoms with Gasteiger partial charge in [0, 0.05) is 12.1 Å². The van der Waals surface area contributed by atoms with Crippen molar-refractivity contribution in [2.45, 2.75) is 43.5 Å². The van der Waals surface area contributed by atoms with Crippen molar-refractivity contribution in [3.05, 3.63) is 45.6 Å². The van der Waals surface area contributed by atoms with Crippen LogP contribution in [0.2, 0.25) is 10.0 Å². The summed E-state index contributed by atoms with van der Waals surface area (Å²) in [4.78, 5) is 16.6. The van der Waals surface area contributed by atoms with E-state index in [4.69, 9.17) is 27.6 Å². The van der Waals surface area contributed by atoms with Gasteiger partial charge in [-0.1, -0.05) is 29.3 Å². The van der Waals surface area contributed by atoms with E-state index >= 15 is 0 Å². The van der Waals surface area contributed by atoms with E-state index in [2.05, 4.69) is 10.3 Å². The fourth-order valence-electron chi connectivity index (χ4n) is 2.83. The number of nitrogens with one attached hydrogen (secondary N) is 2. The predicted molar refractivity (Wildman–Crippen MR) is 130 cm³/mol. The molecule has 36 heavy (non-hydrogen) atoms. The van der Waals surface area contributed by atoms with E-state index in [1.807, 2.05) is 0 Å². The number of furan rings is 1. The molecule has 3 aromatic rings. The number of halogens is 5. The topological polar surface area (TPSA) is 122 Å². The standard InChI is InChI=1S/C21H20Cl2F3N3O5S2/c1-10(21(24,25)26)29-36(32,33)13-7-6-11(14(22)15(13)23)17-16(12-5-4-8-34-12)28-19(35-17)18(30)27-9-20(2,3)31/h4-8,10,29,31H,9H2,1-3H3,(H,27,30). The zero-order valence-electron chi connectivity index (χ0n) is 18.9. The zero-order chi connectivity index (χ0) is 27.1. The lowest BCUT2D eigenvalue weighted by Crippen LogP contribution is -2.43. The number of benzene rings is 1. The van der Waals surface area contributed by atoms with Gasteiger partial charge in [-0.2, -0.15) is 17.9 Å². The Morgan fingerprint density at radius 1 is 1.22 bits per heavy atom. The number of aromatic nitrogens is 1. The number of rotatable bonds is 8. The number of alkyl halides is 3. The minimum Gasteiger partial charge on any atom is -0.463 e. The molecule has 2 heterocycles. The fourth-order valence-corrected chi connectivity index (χ4v) is 6.00. The Kier molecular flexibility index (Phi) is 8.13. The lowest BCUT2D eigenvalue weighted by Gasteiger charge is -2.18. The summed E-state index contributed by atoms with van der Waals surface area (Å²) in [5, 5.41) is 11.6. The molecule has 1 amide bonds. The van der Waals surface area contributed by atoms with Gasteiger partial charge in [0.25, 0.3) is 5.91 Å². The van der Waals surface area contributed by atoms with E-state index in [-0.39, 0.29) is 33.6 Å². The molecule has 0 saturated heterocycles. The van der Waals surface area contributed by atoms with Crippen molar-refractivity contribution in [1.29, 1.82) is 0 Å². The highest BCUT2D eigenvalue weighted by Crippen LogP contribution is 2.44. The van der Waals surface area contributed by atoms with Crippen molar-refractivity contribution in [3.8, 4) is 21.9 Å². The number of hydrogen-bond donors (Lipinski definition) is 3. The molecule has 0 aliphatic rings. The highest BCUT2D eigenvalue weighted by atomic mass is 35.5. The molecule has 0 aliphatic carbocycles. The second-order valence-corrected chi connectivity index (χ2v) is 11.7. The maximum atomic E-state index is 12.9. The Bertz CT molecular complexity index is 1370. The van der Waals surface area contributed by atoms with Gasteiger partial charge in [-0.05, 0) is 39.0 Å². The van der Waals surface area contributed by atoms with E-state index in [0.717, 1.165) is 17.4 Å². The van der Waals surface area contributed by atoms with Crippen LogP contribution in [0, 0.1) is 0 Å². The molecule has 1 unspecified atom stereocenters. The molecular weight excluding hydrogens is 566 g/mol. The summed E-state index contributed by atoms with van der Waals surface area (Å²) >= 11 is 13.5. The number of aliphatic hydroxyl groups is 1. The number of amides is 1. The number of hydrogen-bond acceptors (Lipinski definition) is 7. The van der Waals surface area contributed by atoms with E-state index in [1.54, 1.807) is 12.1 Å². The van der Waals surface area contributed by atoms with Crippen LogP contribution in [0.25, 0.3) is 21.9 Å². The summed E-state index contributed by atoms with van der Waals surface area (Å²) in [6.07, 6.45) is -3.43. The quantitative estimate of drug-likeness (QED) is 0.338. The lowest BCUT2D eigenvalue weighted by molar-refractivity contribution is -0.147. The van der Waals surface area contributed by atoms with Crippen LogP contribution in [0.3, 0.4) is 0 Å². The van der Waals surface area contributed by atoms with Gasteiger partial charge in [0.15, 0.2) is 10.8 Å². The molecule has 3 rings (SSSR count). The molecule has 1 aromatic carbocycles. The zero-order valence-corrected chi connectivity index (χ0v) is 22.0. The van der Waals surface area contributed by atoms with Crippen LogP contribution >= 0.6 is 34.5 Å². The van der Waals surface area contributed by atoms with Crippen molar-refractivity contribution >= 4 is 50.5 Å². The summed E-state index contributed by atoms with van der Waals surface area (Å²) in [7, 11) is -4.68. The molecule has 0 bridgehead atoms. The Labute approximate surface area is 218 Å². The highest BCUT2D eigenvalue weighted by molar-refractivity contribution is 7.89. The van der Waals surface area contributed by atoms with Gasteiger partial charge in [-0.3, -0.25) is 4.79 Å². The van der Waals surface area contributed by atoms with E-state index in [1.165, 1.54) is 30.9 Å². The van der Waals surface area contributed by atoms with Crippen LogP contribution in [0.1, 0.15) is 30.6 Å². The molecule has 8 nitrogen and oxygen atoms in total. The molecule has 0 radical (unpaired) electrons. The predicted octanol–water partition coefficient (Wildman–Crippen LogP) is 5.11. The van der Waals surface area contributed by atoms with Crippen molar-refractivity contribution in [2.75, 3.05) is 6.54 Å². The molecule has 15 heteroatoms. The molecule has 2 aromatic heterocycles. The van der Waals surface area contributed by atoms with E-state index in [0.29, 0.717) is 11.8 Å². The molecule has 0 spiro atoms. The molecule has 0 fully saturated rings. The second-order valence-electron chi connectivity index (χ2n) is 8.29. The van der Waals surface area contributed by atoms with Gasteiger partial charge in [0.1, 0.15) is 16.6 Å². The van der Waals surface area contributed by atoms with Crippen molar-refractivity contribution in [1.82, 2.24) is 15.0 Å². The smallest absolute Gasteiger partial charge is 0.404 e.